The van der Waals surface area contributed by atoms with Crippen LogP contribution in [-0.2, 0) is 0 Å². The van der Waals surface area contributed by atoms with Gasteiger partial charge in [0.25, 0.3) is 0 Å². The monoisotopic (exact) mass is 283 g/mol. The molecule has 112 valence electrons. The summed E-state index contributed by atoms with van der Waals surface area (Å²) in [4.78, 5) is 4.63. The molecule has 1 aliphatic heterocycles. The lowest BCUT2D eigenvalue weighted by atomic mass is 10.0. The van der Waals surface area contributed by atoms with Crippen LogP contribution in [-0.4, -0.2) is 48.6 Å². The molecule has 1 heterocycles. The van der Waals surface area contributed by atoms with Crippen LogP contribution in [0, 0.1) is 11.6 Å². The summed E-state index contributed by atoms with van der Waals surface area (Å²) in [7, 11) is 0. The topological polar surface area (TPSA) is 32.5 Å². The minimum Gasteiger partial charge on any atom is -0.329 e. The van der Waals surface area contributed by atoms with Gasteiger partial charge in [-0.15, -0.1) is 0 Å². The minimum absolute atomic E-state index is 0.123. The van der Waals surface area contributed by atoms with Gasteiger partial charge in [-0.3, -0.25) is 9.80 Å². The fraction of sp³-hybridized carbons (Fsp3) is 0.600. The summed E-state index contributed by atoms with van der Waals surface area (Å²) in [5.41, 5.74) is 6.48. The van der Waals surface area contributed by atoms with Crippen molar-refractivity contribution >= 4 is 0 Å². The Morgan fingerprint density at radius 3 is 2.40 bits per heavy atom. The Bertz CT molecular complexity index is 432. The second-order valence-electron chi connectivity index (χ2n) is 5.43. The third-order valence-electron chi connectivity index (χ3n) is 4.14. The summed E-state index contributed by atoms with van der Waals surface area (Å²) in [6.45, 7) is 8.42. The van der Waals surface area contributed by atoms with Crippen molar-refractivity contribution in [1.82, 2.24) is 9.80 Å². The van der Waals surface area contributed by atoms with Gasteiger partial charge in [-0.2, -0.15) is 0 Å². The highest BCUT2D eigenvalue weighted by molar-refractivity contribution is 5.22. The molecule has 0 spiro atoms. The SMILES string of the molecule is CCN1CCN(C(CN)c2cc(F)cc(F)c2)CC1C. The molecule has 0 saturated carbocycles. The van der Waals surface area contributed by atoms with E-state index < -0.39 is 11.6 Å². The van der Waals surface area contributed by atoms with E-state index in [0.717, 1.165) is 32.2 Å². The Morgan fingerprint density at radius 2 is 1.90 bits per heavy atom. The van der Waals surface area contributed by atoms with E-state index >= 15 is 0 Å². The van der Waals surface area contributed by atoms with Gasteiger partial charge in [0.05, 0.1) is 0 Å². The number of rotatable bonds is 4. The number of nitrogens with zero attached hydrogens (tertiary/aromatic N) is 2. The molecule has 1 aromatic carbocycles. The Morgan fingerprint density at radius 1 is 1.25 bits per heavy atom. The van der Waals surface area contributed by atoms with Crippen LogP contribution >= 0.6 is 0 Å². The predicted octanol–water partition coefficient (Wildman–Crippen LogP) is 1.99. The first-order chi connectivity index (χ1) is 9.55. The van der Waals surface area contributed by atoms with Crippen molar-refractivity contribution in [3.63, 3.8) is 0 Å². The fourth-order valence-electron chi connectivity index (χ4n) is 3.04. The molecule has 0 amide bonds. The van der Waals surface area contributed by atoms with Crippen LogP contribution in [0.15, 0.2) is 18.2 Å². The van der Waals surface area contributed by atoms with Crippen molar-refractivity contribution in [2.75, 3.05) is 32.7 Å². The lowest BCUT2D eigenvalue weighted by Crippen LogP contribution is -2.53. The van der Waals surface area contributed by atoms with Crippen molar-refractivity contribution < 1.29 is 8.78 Å². The van der Waals surface area contributed by atoms with Gasteiger partial charge in [0, 0.05) is 44.3 Å². The highest BCUT2D eigenvalue weighted by Crippen LogP contribution is 2.24. The Hall–Kier alpha value is -1.04. The van der Waals surface area contributed by atoms with Crippen molar-refractivity contribution in [3.8, 4) is 0 Å². The van der Waals surface area contributed by atoms with Gasteiger partial charge in [0.2, 0.25) is 0 Å². The van der Waals surface area contributed by atoms with Crippen LogP contribution in [0.2, 0.25) is 0 Å². The first kappa shape index (κ1) is 15.4. The summed E-state index contributed by atoms with van der Waals surface area (Å²) >= 11 is 0. The zero-order valence-electron chi connectivity index (χ0n) is 12.1. The normalized spacial score (nSPS) is 22.9. The third-order valence-corrected chi connectivity index (χ3v) is 4.14. The summed E-state index contributed by atoms with van der Waals surface area (Å²) in [5, 5.41) is 0. The largest absolute Gasteiger partial charge is 0.329 e. The molecule has 0 aromatic heterocycles. The average Bonchev–Trinajstić information content (AvgIpc) is 2.38. The molecule has 2 N–H and O–H groups in total. The molecule has 2 unspecified atom stereocenters. The van der Waals surface area contributed by atoms with E-state index in [1.165, 1.54) is 12.1 Å². The van der Waals surface area contributed by atoms with Gasteiger partial charge in [-0.25, -0.2) is 8.78 Å². The van der Waals surface area contributed by atoms with E-state index in [-0.39, 0.29) is 6.04 Å². The Balaban J connectivity index is 2.16. The van der Waals surface area contributed by atoms with Crippen molar-refractivity contribution in [1.29, 1.82) is 0 Å². The van der Waals surface area contributed by atoms with Crippen LogP contribution in [0.25, 0.3) is 0 Å². The van der Waals surface area contributed by atoms with Gasteiger partial charge in [0.1, 0.15) is 11.6 Å². The molecule has 0 aliphatic carbocycles. The molecule has 2 atom stereocenters. The standard InChI is InChI=1S/C15H23F2N3/c1-3-19-4-5-20(10-11(19)2)15(9-18)12-6-13(16)8-14(17)7-12/h6-8,11,15H,3-5,9-10,18H2,1-2H3. The highest BCUT2D eigenvalue weighted by atomic mass is 19.1. The number of nitrogens with two attached hydrogens (primary N) is 1. The molecule has 20 heavy (non-hydrogen) atoms. The van der Waals surface area contributed by atoms with Crippen LogP contribution in [0.5, 0.6) is 0 Å². The van der Waals surface area contributed by atoms with E-state index in [1.807, 2.05) is 0 Å². The molecule has 2 rings (SSSR count). The van der Waals surface area contributed by atoms with Crippen LogP contribution < -0.4 is 5.73 Å². The number of benzene rings is 1. The molecule has 1 fully saturated rings. The maximum atomic E-state index is 13.4. The van der Waals surface area contributed by atoms with Gasteiger partial charge in [0.15, 0.2) is 0 Å². The second kappa shape index (κ2) is 6.61. The number of hydrogen-bond donors (Lipinski definition) is 1. The molecule has 3 nitrogen and oxygen atoms in total. The zero-order chi connectivity index (χ0) is 14.7. The van der Waals surface area contributed by atoms with Crippen molar-refractivity contribution in [2.45, 2.75) is 25.9 Å². The van der Waals surface area contributed by atoms with Crippen LogP contribution in [0.1, 0.15) is 25.5 Å². The van der Waals surface area contributed by atoms with E-state index in [9.17, 15) is 8.78 Å². The van der Waals surface area contributed by atoms with Gasteiger partial charge in [-0.1, -0.05) is 6.92 Å². The zero-order valence-corrected chi connectivity index (χ0v) is 12.1. The first-order valence-electron chi connectivity index (χ1n) is 7.19. The van der Waals surface area contributed by atoms with E-state index in [4.69, 9.17) is 5.73 Å². The summed E-state index contributed by atoms with van der Waals surface area (Å²) in [5.74, 6) is -1.09. The lowest BCUT2D eigenvalue weighted by molar-refractivity contribution is 0.0605. The molecule has 1 aromatic rings. The maximum absolute atomic E-state index is 13.4. The van der Waals surface area contributed by atoms with Crippen LogP contribution in [0.4, 0.5) is 8.78 Å². The van der Waals surface area contributed by atoms with E-state index in [0.29, 0.717) is 18.2 Å². The number of halogens is 2. The smallest absolute Gasteiger partial charge is 0.126 e. The number of piperazine rings is 1. The van der Waals surface area contributed by atoms with Crippen molar-refractivity contribution in [2.24, 2.45) is 5.73 Å². The quantitative estimate of drug-likeness (QED) is 0.917. The molecule has 5 heteroatoms. The molecular weight excluding hydrogens is 260 g/mol. The van der Waals surface area contributed by atoms with Crippen molar-refractivity contribution in [3.05, 3.63) is 35.4 Å². The van der Waals surface area contributed by atoms with Gasteiger partial charge < -0.3 is 5.73 Å². The first-order valence-corrected chi connectivity index (χ1v) is 7.19. The molecule has 0 radical (unpaired) electrons. The van der Waals surface area contributed by atoms with Gasteiger partial charge in [-0.05, 0) is 31.2 Å². The fourth-order valence-corrected chi connectivity index (χ4v) is 3.04. The minimum atomic E-state index is -0.543. The van der Waals surface area contributed by atoms with Gasteiger partial charge >= 0.3 is 0 Å². The Labute approximate surface area is 119 Å². The summed E-state index contributed by atoms with van der Waals surface area (Å²) in [6.07, 6.45) is 0. The van der Waals surface area contributed by atoms with Crippen LogP contribution in [0.3, 0.4) is 0 Å². The Kier molecular flexibility index (Phi) is 5.07. The molecule has 1 saturated heterocycles. The molecule has 0 bridgehead atoms. The third kappa shape index (κ3) is 3.34. The summed E-state index contributed by atoms with van der Waals surface area (Å²) in [6, 6.07) is 3.98. The summed E-state index contributed by atoms with van der Waals surface area (Å²) < 4.78 is 26.8. The highest BCUT2D eigenvalue weighted by Gasteiger charge is 2.28. The average molecular weight is 283 g/mol. The second-order valence-corrected chi connectivity index (χ2v) is 5.43. The number of likely N-dealkylation sites (N-methyl/N-ethyl adjacent to an activating group) is 1. The lowest BCUT2D eigenvalue weighted by Gasteiger charge is -2.42. The van der Waals surface area contributed by atoms with E-state index in [2.05, 4.69) is 23.6 Å². The predicted molar refractivity (Wildman–Crippen MR) is 76.4 cm³/mol. The molecular formula is C15H23F2N3. The maximum Gasteiger partial charge on any atom is 0.126 e. The molecule has 1 aliphatic rings. The number of hydrogen-bond acceptors (Lipinski definition) is 3. The van der Waals surface area contributed by atoms with E-state index in [1.54, 1.807) is 0 Å².